The zero-order valence-corrected chi connectivity index (χ0v) is 12.2. The minimum absolute atomic E-state index is 0.0180. The van der Waals surface area contributed by atoms with Gasteiger partial charge in [-0.25, -0.2) is 0 Å². The van der Waals surface area contributed by atoms with Crippen LogP contribution in [0.25, 0.3) is 0 Å². The predicted molar refractivity (Wildman–Crippen MR) is 67.8 cm³/mol. The topological polar surface area (TPSA) is 29.5 Å². The van der Waals surface area contributed by atoms with Crippen molar-refractivity contribution in [2.75, 3.05) is 6.61 Å². The van der Waals surface area contributed by atoms with Crippen LogP contribution in [-0.2, 0) is 4.74 Å². The Bertz CT molecular complexity index is 363. The zero-order valence-electron chi connectivity index (χ0n) is 12.2. The van der Waals surface area contributed by atoms with E-state index in [2.05, 4.69) is 6.58 Å². The molecule has 1 aliphatic rings. The number of ether oxygens (including phenoxy) is 1. The summed E-state index contributed by atoms with van der Waals surface area (Å²) in [4.78, 5) is 0. The number of alkyl halides is 6. The van der Waals surface area contributed by atoms with Gasteiger partial charge in [-0.1, -0.05) is 13.5 Å². The van der Waals surface area contributed by atoms with E-state index in [4.69, 9.17) is 4.74 Å². The van der Waals surface area contributed by atoms with Gasteiger partial charge in [-0.2, -0.15) is 26.3 Å². The van der Waals surface area contributed by atoms with Gasteiger partial charge in [0.2, 0.25) is 0 Å². The molecule has 8 heteroatoms. The van der Waals surface area contributed by atoms with E-state index in [1.54, 1.807) is 6.92 Å². The molecular weight excluding hydrogens is 314 g/mol. The predicted octanol–water partition coefficient (Wildman–Crippen LogP) is 4.44. The second-order valence-corrected chi connectivity index (χ2v) is 5.98. The van der Waals surface area contributed by atoms with Gasteiger partial charge in [-0.05, 0) is 43.4 Å². The molecule has 0 aromatic rings. The fourth-order valence-corrected chi connectivity index (χ4v) is 3.19. The summed E-state index contributed by atoms with van der Waals surface area (Å²) >= 11 is 0. The van der Waals surface area contributed by atoms with Crippen molar-refractivity contribution >= 4 is 0 Å². The van der Waals surface area contributed by atoms with Crippen LogP contribution in [0.5, 0.6) is 0 Å². The van der Waals surface area contributed by atoms with Crippen molar-refractivity contribution in [3.8, 4) is 0 Å². The summed E-state index contributed by atoms with van der Waals surface area (Å²) in [5.41, 5.74) is -4.66. The van der Waals surface area contributed by atoms with Crippen LogP contribution in [-0.4, -0.2) is 29.7 Å². The first-order chi connectivity index (χ1) is 9.92. The highest BCUT2D eigenvalue weighted by molar-refractivity contribution is 4.98. The standard InChI is InChI=1S/C14H20F6O2/c1-3-22-5-4-10-6-9(2)7-11(10)8-12(21,13(15,16)17)14(18,19)20/h3,9-11,21H,1,4-8H2,2H3. The molecule has 0 heterocycles. The fraction of sp³-hybridized carbons (Fsp3) is 0.857. The molecule has 1 N–H and O–H groups in total. The van der Waals surface area contributed by atoms with Gasteiger partial charge in [0.1, 0.15) is 0 Å². The molecule has 3 unspecified atom stereocenters. The fourth-order valence-electron chi connectivity index (χ4n) is 3.19. The lowest BCUT2D eigenvalue weighted by atomic mass is 9.82. The first-order valence-electron chi connectivity index (χ1n) is 7.00. The summed E-state index contributed by atoms with van der Waals surface area (Å²) in [5, 5.41) is 9.32. The highest BCUT2D eigenvalue weighted by Crippen LogP contribution is 2.51. The van der Waals surface area contributed by atoms with Gasteiger partial charge >= 0.3 is 12.4 Å². The van der Waals surface area contributed by atoms with Gasteiger partial charge in [0.25, 0.3) is 5.60 Å². The van der Waals surface area contributed by atoms with E-state index in [-0.39, 0.29) is 24.9 Å². The largest absolute Gasteiger partial charge is 0.502 e. The summed E-state index contributed by atoms with van der Waals surface area (Å²) in [6.07, 6.45) is -10.6. The monoisotopic (exact) mass is 334 g/mol. The lowest BCUT2D eigenvalue weighted by Crippen LogP contribution is -2.58. The van der Waals surface area contributed by atoms with Crippen molar-refractivity contribution < 1.29 is 36.2 Å². The van der Waals surface area contributed by atoms with Crippen LogP contribution in [0, 0.1) is 17.8 Å². The number of halogens is 6. The van der Waals surface area contributed by atoms with E-state index >= 15 is 0 Å². The average molecular weight is 334 g/mol. The maximum Gasteiger partial charge on any atom is 0.426 e. The summed E-state index contributed by atoms with van der Waals surface area (Å²) in [6, 6.07) is 0. The first-order valence-corrected chi connectivity index (χ1v) is 7.00. The van der Waals surface area contributed by atoms with E-state index in [9.17, 15) is 31.4 Å². The van der Waals surface area contributed by atoms with E-state index in [0.717, 1.165) is 0 Å². The lowest BCUT2D eigenvalue weighted by Gasteiger charge is -2.35. The van der Waals surface area contributed by atoms with Crippen molar-refractivity contribution in [1.82, 2.24) is 0 Å². The zero-order chi connectivity index (χ0) is 17.2. The molecule has 3 atom stereocenters. The van der Waals surface area contributed by atoms with Gasteiger partial charge in [-0.15, -0.1) is 0 Å². The molecule has 0 aliphatic heterocycles. The number of hydrogen-bond acceptors (Lipinski definition) is 2. The molecule has 0 amide bonds. The van der Waals surface area contributed by atoms with Gasteiger partial charge < -0.3 is 9.84 Å². The number of rotatable bonds is 6. The molecule has 2 nitrogen and oxygen atoms in total. The van der Waals surface area contributed by atoms with Crippen molar-refractivity contribution in [2.45, 2.75) is 50.6 Å². The number of hydrogen-bond donors (Lipinski definition) is 1. The quantitative estimate of drug-likeness (QED) is 0.442. The molecule has 1 rings (SSSR count). The Balaban J connectivity index is 2.89. The van der Waals surface area contributed by atoms with Crippen LogP contribution < -0.4 is 0 Å². The molecule has 0 aromatic heterocycles. The average Bonchev–Trinajstić information content (AvgIpc) is 2.67. The second-order valence-electron chi connectivity index (χ2n) is 5.98. The van der Waals surface area contributed by atoms with Crippen molar-refractivity contribution in [2.24, 2.45) is 17.8 Å². The maximum absolute atomic E-state index is 12.8. The van der Waals surface area contributed by atoms with Crippen LogP contribution in [0.2, 0.25) is 0 Å². The molecular formula is C14H20F6O2. The Hall–Kier alpha value is -0.920. The van der Waals surface area contributed by atoms with E-state index in [0.29, 0.717) is 12.8 Å². The molecule has 1 saturated carbocycles. The summed E-state index contributed by atoms with van der Waals surface area (Å²) in [6.45, 7) is 5.29. The lowest BCUT2D eigenvalue weighted by molar-refractivity contribution is -0.373. The Morgan fingerprint density at radius 2 is 1.59 bits per heavy atom. The highest BCUT2D eigenvalue weighted by atomic mass is 19.4. The first kappa shape index (κ1) is 19.1. The van der Waals surface area contributed by atoms with Crippen LogP contribution in [0.15, 0.2) is 12.8 Å². The smallest absolute Gasteiger partial charge is 0.426 e. The van der Waals surface area contributed by atoms with E-state index in [1.165, 1.54) is 6.26 Å². The third kappa shape index (κ3) is 4.08. The van der Waals surface area contributed by atoms with E-state index in [1.807, 2.05) is 0 Å². The van der Waals surface area contributed by atoms with Crippen LogP contribution in [0.1, 0.15) is 32.6 Å². The SMILES string of the molecule is C=COCCC1CC(C)CC1CC(O)(C(F)(F)F)C(F)(F)F. The van der Waals surface area contributed by atoms with Crippen molar-refractivity contribution in [3.63, 3.8) is 0 Å². The minimum atomic E-state index is -5.75. The molecule has 0 aromatic carbocycles. The van der Waals surface area contributed by atoms with Gasteiger partial charge in [0.05, 0.1) is 12.9 Å². The maximum atomic E-state index is 12.8. The Labute approximate surface area is 125 Å². The van der Waals surface area contributed by atoms with Gasteiger partial charge in [0.15, 0.2) is 0 Å². The molecule has 0 saturated heterocycles. The summed E-state index contributed by atoms with van der Waals surface area (Å²) < 4.78 is 81.6. The summed E-state index contributed by atoms with van der Waals surface area (Å²) in [7, 11) is 0. The molecule has 1 fully saturated rings. The number of aliphatic hydroxyl groups is 1. The third-order valence-electron chi connectivity index (χ3n) is 4.30. The second kappa shape index (κ2) is 6.68. The molecule has 22 heavy (non-hydrogen) atoms. The normalized spacial score (nSPS) is 27.0. The molecule has 0 bridgehead atoms. The van der Waals surface area contributed by atoms with Crippen LogP contribution in [0.4, 0.5) is 26.3 Å². The van der Waals surface area contributed by atoms with Crippen LogP contribution in [0.3, 0.4) is 0 Å². The minimum Gasteiger partial charge on any atom is -0.502 e. The van der Waals surface area contributed by atoms with Crippen molar-refractivity contribution in [1.29, 1.82) is 0 Å². The Morgan fingerprint density at radius 1 is 1.09 bits per heavy atom. The van der Waals surface area contributed by atoms with Crippen molar-refractivity contribution in [3.05, 3.63) is 12.8 Å². The van der Waals surface area contributed by atoms with Crippen LogP contribution >= 0.6 is 0 Å². The Kier molecular flexibility index (Phi) is 5.81. The summed E-state index contributed by atoms with van der Waals surface area (Å²) in [5.74, 6) is -1.17. The molecule has 0 spiro atoms. The molecule has 0 radical (unpaired) electrons. The van der Waals surface area contributed by atoms with E-state index < -0.39 is 30.3 Å². The van der Waals surface area contributed by atoms with Gasteiger partial charge in [-0.3, -0.25) is 0 Å². The molecule has 1 aliphatic carbocycles. The Morgan fingerprint density at radius 3 is 2.05 bits per heavy atom. The third-order valence-corrected chi connectivity index (χ3v) is 4.30. The molecule has 130 valence electrons. The van der Waals surface area contributed by atoms with Gasteiger partial charge in [0, 0.05) is 0 Å². The highest BCUT2D eigenvalue weighted by Gasteiger charge is 2.70.